The molecule has 2 N–H and O–H groups in total. The summed E-state index contributed by atoms with van der Waals surface area (Å²) in [6, 6.07) is 0.611. The molecule has 20 heavy (non-hydrogen) atoms. The highest BCUT2D eigenvalue weighted by atomic mass is 16.5. The number of nitrogen functional groups attached to an aromatic ring is 1. The maximum atomic E-state index is 5.94. The number of hydrogen-bond donors (Lipinski definition) is 1. The summed E-state index contributed by atoms with van der Waals surface area (Å²) in [6.07, 6.45) is 7.97. The van der Waals surface area contributed by atoms with Gasteiger partial charge in [-0.2, -0.15) is 4.98 Å². The van der Waals surface area contributed by atoms with Crippen LogP contribution in [-0.2, 0) is 6.54 Å². The monoisotopic (exact) mass is 275 g/mol. The van der Waals surface area contributed by atoms with Crippen LogP contribution >= 0.6 is 0 Å². The number of hydrogen-bond acceptors (Lipinski definition) is 5. The predicted molar refractivity (Wildman–Crippen MR) is 77.5 cm³/mol. The molecule has 0 spiro atoms. The molecule has 3 rings (SSSR count). The lowest BCUT2D eigenvalue weighted by Crippen LogP contribution is -2.16. The van der Waals surface area contributed by atoms with Crippen molar-refractivity contribution in [2.75, 3.05) is 12.3 Å². The number of anilines is 1. The van der Waals surface area contributed by atoms with Crippen molar-refractivity contribution < 1.29 is 4.74 Å². The molecule has 0 amide bonds. The smallest absolute Gasteiger partial charge is 0.298 e. The zero-order valence-corrected chi connectivity index (χ0v) is 11.9. The molecule has 6 nitrogen and oxygen atoms in total. The van der Waals surface area contributed by atoms with Gasteiger partial charge in [-0.25, -0.2) is 9.97 Å². The van der Waals surface area contributed by atoms with Gasteiger partial charge in [0.25, 0.3) is 6.01 Å². The molecule has 0 radical (unpaired) electrons. The first kappa shape index (κ1) is 13.1. The van der Waals surface area contributed by atoms with Gasteiger partial charge >= 0.3 is 0 Å². The van der Waals surface area contributed by atoms with E-state index in [0.29, 0.717) is 23.3 Å². The minimum absolute atomic E-state index is 0.407. The molecule has 108 valence electrons. The van der Waals surface area contributed by atoms with Crippen LogP contribution in [0.15, 0.2) is 6.33 Å². The second-order valence-electron chi connectivity index (χ2n) is 5.38. The second-order valence-corrected chi connectivity index (χ2v) is 5.38. The lowest BCUT2D eigenvalue weighted by molar-refractivity contribution is 0.191. The number of aryl methyl sites for hydroxylation is 1. The Morgan fingerprint density at radius 2 is 2.10 bits per heavy atom. The summed E-state index contributed by atoms with van der Waals surface area (Å²) in [7, 11) is 0. The van der Waals surface area contributed by atoms with Crippen molar-refractivity contribution in [3.05, 3.63) is 6.33 Å². The van der Waals surface area contributed by atoms with Crippen molar-refractivity contribution in [1.29, 1.82) is 0 Å². The normalized spacial score (nSPS) is 16.6. The molecule has 2 heterocycles. The summed E-state index contributed by atoms with van der Waals surface area (Å²) in [5.74, 6) is 1.06. The van der Waals surface area contributed by atoms with Crippen molar-refractivity contribution in [2.24, 2.45) is 5.92 Å². The van der Waals surface area contributed by atoms with E-state index in [4.69, 9.17) is 10.5 Å². The summed E-state index contributed by atoms with van der Waals surface area (Å²) in [4.78, 5) is 12.7. The number of imidazole rings is 1. The van der Waals surface area contributed by atoms with Gasteiger partial charge in [-0.05, 0) is 25.7 Å². The molecule has 0 bridgehead atoms. The Labute approximate surface area is 118 Å². The molecule has 0 aromatic carbocycles. The van der Waals surface area contributed by atoms with Crippen LogP contribution in [-0.4, -0.2) is 26.1 Å². The van der Waals surface area contributed by atoms with Gasteiger partial charge in [0.05, 0.1) is 6.61 Å². The van der Waals surface area contributed by atoms with E-state index in [1.165, 1.54) is 38.4 Å². The second kappa shape index (κ2) is 5.64. The third-order valence-corrected chi connectivity index (χ3v) is 4.01. The van der Waals surface area contributed by atoms with Crippen LogP contribution in [0.25, 0.3) is 11.2 Å². The molecule has 1 aliphatic rings. The Bertz CT molecular complexity index is 589. The van der Waals surface area contributed by atoms with Gasteiger partial charge in [0.2, 0.25) is 0 Å². The average Bonchev–Trinajstić information content (AvgIpc) is 2.85. The van der Waals surface area contributed by atoms with Gasteiger partial charge in [-0.1, -0.05) is 19.3 Å². The van der Waals surface area contributed by atoms with Crippen LogP contribution < -0.4 is 10.5 Å². The molecular formula is C14H21N5O. The van der Waals surface area contributed by atoms with Gasteiger partial charge in [0.15, 0.2) is 17.0 Å². The fourth-order valence-electron chi connectivity index (χ4n) is 2.88. The van der Waals surface area contributed by atoms with Crippen LogP contribution in [0, 0.1) is 5.92 Å². The van der Waals surface area contributed by atoms with Gasteiger partial charge < -0.3 is 10.5 Å². The fraction of sp³-hybridized carbons (Fsp3) is 0.643. The average molecular weight is 275 g/mol. The van der Waals surface area contributed by atoms with E-state index in [9.17, 15) is 0 Å². The Kier molecular flexibility index (Phi) is 3.71. The topological polar surface area (TPSA) is 78.9 Å². The van der Waals surface area contributed by atoms with E-state index in [1.807, 2.05) is 11.5 Å². The van der Waals surface area contributed by atoms with Crippen molar-refractivity contribution in [3.8, 4) is 6.01 Å². The van der Waals surface area contributed by atoms with E-state index in [0.717, 1.165) is 18.8 Å². The van der Waals surface area contributed by atoms with Gasteiger partial charge in [0.1, 0.15) is 6.33 Å². The first-order valence-electron chi connectivity index (χ1n) is 7.39. The number of fused-ring (bicyclic) bond motifs is 1. The number of ether oxygens (including phenoxy) is 1. The number of nitrogens with two attached hydrogens (primary N) is 1. The summed E-state index contributed by atoms with van der Waals surface area (Å²) in [6.45, 7) is 3.54. The molecule has 2 aromatic heterocycles. The van der Waals surface area contributed by atoms with Crippen molar-refractivity contribution in [3.63, 3.8) is 0 Å². The van der Waals surface area contributed by atoms with E-state index in [-0.39, 0.29) is 0 Å². The Hall–Kier alpha value is -1.85. The molecule has 6 heteroatoms. The molecule has 1 saturated carbocycles. The van der Waals surface area contributed by atoms with E-state index < -0.39 is 0 Å². The largest absolute Gasteiger partial charge is 0.464 e. The Morgan fingerprint density at radius 1 is 1.30 bits per heavy atom. The standard InChI is InChI=1S/C14H21N5O/c1-2-19-13-11(12(15)16-9-17-13)18-14(19)20-8-10-6-4-3-5-7-10/h9-10H,2-8H2,1H3,(H2,15,16,17). The van der Waals surface area contributed by atoms with Crippen LogP contribution in [0.4, 0.5) is 5.82 Å². The highest BCUT2D eigenvalue weighted by Crippen LogP contribution is 2.26. The van der Waals surface area contributed by atoms with Crippen LogP contribution in [0.1, 0.15) is 39.0 Å². The van der Waals surface area contributed by atoms with Crippen molar-refractivity contribution in [1.82, 2.24) is 19.5 Å². The fourth-order valence-corrected chi connectivity index (χ4v) is 2.88. The third-order valence-electron chi connectivity index (χ3n) is 4.01. The SMILES string of the molecule is CCn1c(OCC2CCCCC2)nc2c(N)ncnc21. The predicted octanol–water partition coefficient (Wildman–Crippen LogP) is 2.39. The maximum absolute atomic E-state index is 5.94. The zero-order chi connectivity index (χ0) is 13.9. The molecule has 2 aromatic rings. The molecule has 0 unspecified atom stereocenters. The van der Waals surface area contributed by atoms with E-state index in [2.05, 4.69) is 15.0 Å². The highest BCUT2D eigenvalue weighted by Gasteiger charge is 2.18. The Morgan fingerprint density at radius 3 is 2.85 bits per heavy atom. The van der Waals surface area contributed by atoms with Crippen molar-refractivity contribution in [2.45, 2.75) is 45.6 Å². The van der Waals surface area contributed by atoms with Crippen LogP contribution in [0.5, 0.6) is 6.01 Å². The highest BCUT2D eigenvalue weighted by molar-refractivity contribution is 5.82. The zero-order valence-electron chi connectivity index (χ0n) is 11.9. The molecule has 1 aliphatic carbocycles. The minimum Gasteiger partial charge on any atom is -0.464 e. The molecular weight excluding hydrogens is 254 g/mol. The Balaban J connectivity index is 1.81. The van der Waals surface area contributed by atoms with Crippen molar-refractivity contribution >= 4 is 17.0 Å². The number of rotatable bonds is 4. The summed E-state index contributed by atoms with van der Waals surface area (Å²) in [5, 5.41) is 0. The molecule has 0 saturated heterocycles. The number of nitrogens with zero attached hydrogens (tertiary/aromatic N) is 4. The lowest BCUT2D eigenvalue weighted by Gasteiger charge is -2.21. The minimum atomic E-state index is 0.407. The van der Waals surface area contributed by atoms with E-state index >= 15 is 0 Å². The summed E-state index contributed by atoms with van der Waals surface area (Å²) >= 11 is 0. The first-order chi connectivity index (χ1) is 9.79. The number of aromatic nitrogens is 4. The summed E-state index contributed by atoms with van der Waals surface area (Å²) < 4.78 is 7.89. The van der Waals surface area contributed by atoms with Gasteiger partial charge in [-0.3, -0.25) is 4.57 Å². The molecule has 0 aliphatic heterocycles. The van der Waals surface area contributed by atoms with Crippen LogP contribution in [0.2, 0.25) is 0 Å². The lowest BCUT2D eigenvalue weighted by atomic mass is 9.90. The van der Waals surface area contributed by atoms with E-state index in [1.54, 1.807) is 0 Å². The maximum Gasteiger partial charge on any atom is 0.298 e. The quantitative estimate of drug-likeness (QED) is 0.926. The third kappa shape index (κ3) is 2.42. The van der Waals surface area contributed by atoms with Gasteiger partial charge in [0, 0.05) is 6.54 Å². The molecule has 1 fully saturated rings. The molecule has 0 atom stereocenters. The summed E-state index contributed by atoms with van der Waals surface area (Å²) in [5.41, 5.74) is 7.23. The van der Waals surface area contributed by atoms with Crippen LogP contribution in [0.3, 0.4) is 0 Å². The first-order valence-corrected chi connectivity index (χ1v) is 7.39. The van der Waals surface area contributed by atoms with Gasteiger partial charge in [-0.15, -0.1) is 0 Å².